The first-order valence-electron chi connectivity index (χ1n) is 7.12. The van der Waals surface area contributed by atoms with Gasteiger partial charge in [0.1, 0.15) is 5.75 Å². The van der Waals surface area contributed by atoms with Crippen LogP contribution >= 0.6 is 12.2 Å². The van der Waals surface area contributed by atoms with Gasteiger partial charge in [-0.2, -0.15) is 0 Å². The van der Waals surface area contributed by atoms with E-state index < -0.39 is 0 Å². The molecule has 0 heterocycles. The van der Waals surface area contributed by atoms with Crippen molar-refractivity contribution in [2.24, 2.45) is 11.1 Å². The predicted molar refractivity (Wildman–Crippen MR) is 90.4 cm³/mol. The molecular formula is C17H27NOS. The molecule has 0 unspecified atom stereocenters. The van der Waals surface area contributed by atoms with Gasteiger partial charge in [-0.05, 0) is 34.9 Å². The summed E-state index contributed by atoms with van der Waals surface area (Å²) in [5, 5.41) is 0. The molecule has 112 valence electrons. The summed E-state index contributed by atoms with van der Waals surface area (Å²) in [5.41, 5.74) is 7.27. The Morgan fingerprint density at radius 2 is 1.65 bits per heavy atom. The third-order valence-corrected chi connectivity index (χ3v) is 3.43. The van der Waals surface area contributed by atoms with Crippen LogP contribution in [-0.2, 0) is 5.41 Å². The first-order chi connectivity index (χ1) is 9.10. The molecule has 0 saturated carbocycles. The normalized spacial score (nSPS) is 12.2. The zero-order valence-corrected chi connectivity index (χ0v) is 14.1. The van der Waals surface area contributed by atoms with Gasteiger partial charge in [-0.25, -0.2) is 0 Å². The average molecular weight is 293 g/mol. The number of nitrogens with two attached hydrogens (primary N) is 1. The standard InChI is InChI=1S/C17H27NOS/c1-16(2,3)12-17(4,5)13-6-8-14(9-7-13)19-11-10-15(18)20/h6-9H,10-12H2,1-5H3,(H2,18,20). The van der Waals surface area contributed by atoms with E-state index in [0.717, 1.165) is 12.2 Å². The lowest BCUT2D eigenvalue weighted by Crippen LogP contribution is -2.24. The smallest absolute Gasteiger partial charge is 0.119 e. The number of hydrogen-bond donors (Lipinski definition) is 1. The largest absolute Gasteiger partial charge is 0.493 e. The van der Waals surface area contributed by atoms with Crippen molar-refractivity contribution in [2.45, 2.75) is 52.9 Å². The zero-order valence-electron chi connectivity index (χ0n) is 13.3. The topological polar surface area (TPSA) is 35.2 Å². The van der Waals surface area contributed by atoms with E-state index in [2.05, 4.69) is 46.8 Å². The van der Waals surface area contributed by atoms with E-state index in [0.29, 0.717) is 23.4 Å². The molecule has 20 heavy (non-hydrogen) atoms. The maximum absolute atomic E-state index is 5.62. The van der Waals surface area contributed by atoms with Crippen molar-refractivity contribution in [1.29, 1.82) is 0 Å². The SMILES string of the molecule is CC(C)(C)CC(C)(C)c1ccc(OCCC(N)=S)cc1. The van der Waals surface area contributed by atoms with Crippen molar-refractivity contribution in [1.82, 2.24) is 0 Å². The fourth-order valence-electron chi connectivity index (χ4n) is 2.70. The second-order valence-corrected chi connectivity index (χ2v) is 7.73. The van der Waals surface area contributed by atoms with Crippen molar-refractivity contribution in [2.75, 3.05) is 6.61 Å². The Morgan fingerprint density at radius 1 is 1.10 bits per heavy atom. The molecule has 0 aliphatic rings. The van der Waals surface area contributed by atoms with E-state index in [1.165, 1.54) is 5.56 Å². The summed E-state index contributed by atoms with van der Waals surface area (Å²) >= 11 is 4.83. The van der Waals surface area contributed by atoms with E-state index in [1.807, 2.05) is 12.1 Å². The van der Waals surface area contributed by atoms with Gasteiger partial charge < -0.3 is 10.5 Å². The van der Waals surface area contributed by atoms with Gasteiger partial charge in [0.2, 0.25) is 0 Å². The van der Waals surface area contributed by atoms with E-state index in [1.54, 1.807) is 0 Å². The maximum atomic E-state index is 5.62. The molecule has 0 radical (unpaired) electrons. The van der Waals surface area contributed by atoms with E-state index in [4.69, 9.17) is 22.7 Å². The lowest BCUT2D eigenvalue weighted by Gasteiger charge is -2.33. The minimum absolute atomic E-state index is 0.162. The van der Waals surface area contributed by atoms with Gasteiger partial charge >= 0.3 is 0 Å². The van der Waals surface area contributed by atoms with Gasteiger partial charge in [0.05, 0.1) is 11.6 Å². The Balaban J connectivity index is 2.68. The van der Waals surface area contributed by atoms with Gasteiger partial charge in [0, 0.05) is 6.42 Å². The monoisotopic (exact) mass is 293 g/mol. The molecule has 1 rings (SSSR count). The van der Waals surface area contributed by atoms with Crippen LogP contribution in [0.25, 0.3) is 0 Å². The maximum Gasteiger partial charge on any atom is 0.119 e. The minimum Gasteiger partial charge on any atom is -0.493 e. The van der Waals surface area contributed by atoms with Crippen molar-refractivity contribution in [3.63, 3.8) is 0 Å². The summed E-state index contributed by atoms with van der Waals surface area (Å²) < 4.78 is 5.62. The number of benzene rings is 1. The van der Waals surface area contributed by atoms with E-state index >= 15 is 0 Å². The van der Waals surface area contributed by atoms with Crippen LogP contribution in [0, 0.1) is 5.41 Å². The molecule has 3 heteroatoms. The molecule has 0 aliphatic carbocycles. The lowest BCUT2D eigenvalue weighted by atomic mass is 9.72. The molecule has 0 aromatic heterocycles. The highest BCUT2D eigenvalue weighted by Crippen LogP contribution is 2.36. The molecule has 1 aromatic carbocycles. The molecule has 0 atom stereocenters. The van der Waals surface area contributed by atoms with Gasteiger partial charge in [0.15, 0.2) is 0 Å². The average Bonchev–Trinajstić information content (AvgIpc) is 2.26. The fourth-order valence-corrected chi connectivity index (χ4v) is 2.78. The van der Waals surface area contributed by atoms with Crippen molar-refractivity contribution in [3.8, 4) is 5.75 Å². The first-order valence-corrected chi connectivity index (χ1v) is 7.53. The van der Waals surface area contributed by atoms with Crippen LogP contribution in [0.3, 0.4) is 0 Å². The second-order valence-electron chi connectivity index (χ2n) is 7.21. The van der Waals surface area contributed by atoms with E-state index in [-0.39, 0.29) is 5.41 Å². The quantitative estimate of drug-likeness (QED) is 0.787. The number of rotatable bonds is 6. The summed E-state index contributed by atoms with van der Waals surface area (Å²) in [6.07, 6.45) is 1.76. The van der Waals surface area contributed by atoms with Crippen LogP contribution < -0.4 is 10.5 Å². The van der Waals surface area contributed by atoms with Gasteiger partial charge in [0.25, 0.3) is 0 Å². The molecule has 1 aromatic rings. The van der Waals surface area contributed by atoms with Gasteiger partial charge in [-0.15, -0.1) is 0 Å². The summed E-state index contributed by atoms with van der Waals surface area (Å²) in [7, 11) is 0. The van der Waals surface area contributed by atoms with Crippen LogP contribution in [0.1, 0.15) is 53.0 Å². The molecule has 0 amide bonds. The van der Waals surface area contributed by atoms with Crippen LogP contribution in [0.15, 0.2) is 24.3 Å². The number of thiocarbonyl (C=S) groups is 1. The van der Waals surface area contributed by atoms with Crippen LogP contribution in [-0.4, -0.2) is 11.6 Å². The van der Waals surface area contributed by atoms with Crippen LogP contribution in [0.5, 0.6) is 5.75 Å². The second kappa shape index (κ2) is 6.57. The van der Waals surface area contributed by atoms with Crippen LogP contribution in [0.4, 0.5) is 0 Å². The number of hydrogen-bond acceptors (Lipinski definition) is 2. The molecule has 0 spiro atoms. The summed E-state index contributed by atoms with van der Waals surface area (Å²) in [6, 6.07) is 8.36. The molecule has 2 N–H and O–H groups in total. The zero-order chi connectivity index (χ0) is 15.4. The fraction of sp³-hybridized carbons (Fsp3) is 0.588. The molecular weight excluding hydrogens is 266 g/mol. The molecule has 0 aliphatic heterocycles. The Labute approximate surface area is 128 Å². The van der Waals surface area contributed by atoms with Crippen molar-refractivity contribution >= 4 is 17.2 Å². The van der Waals surface area contributed by atoms with Crippen LogP contribution in [0.2, 0.25) is 0 Å². The lowest BCUT2D eigenvalue weighted by molar-refractivity contribution is 0.283. The highest BCUT2D eigenvalue weighted by atomic mass is 32.1. The van der Waals surface area contributed by atoms with Gasteiger partial charge in [-0.1, -0.05) is 59.0 Å². The third kappa shape index (κ3) is 5.91. The Bertz CT molecular complexity index is 443. The molecule has 2 nitrogen and oxygen atoms in total. The van der Waals surface area contributed by atoms with Gasteiger partial charge in [-0.3, -0.25) is 0 Å². The highest BCUT2D eigenvalue weighted by molar-refractivity contribution is 7.80. The molecule has 0 bridgehead atoms. The Morgan fingerprint density at radius 3 is 2.10 bits per heavy atom. The Hall–Kier alpha value is -1.09. The van der Waals surface area contributed by atoms with Crippen molar-refractivity contribution < 1.29 is 4.74 Å². The first kappa shape index (κ1) is 17.0. The third-order valence-electron chi connectivity index (χ3n) is 3.23. The summed E-state index contributed by atoms with van der Waals surface area (Å²) in [4.78, 5) is 0.493. The minimum atomic E-state index is 0.162. The summed E-state index contributed by atoms with van der Waals surface area (Å²) in [6.45, 7) is 12.0. The van der Waals surface area contributed by atoms with Crippen molar-refractivity contribution in [3.05, 3.63) is 29.8 Å². The van der Waals surface area contributed by atoms with E-state index in [9.17, 15) is 0 Å². The predicted octanol–water partition coefficient (Wildman–Crippen LogP) is 4.46. The number of ether oxygens (including phenoxy) is 1. The Kier molecular flexibility index (Phi) is 5.58. The highest BCUT2D eigenvalue weighted by Gasteiger charge is 2.27. The molecule has 0 saturated heterocycles. The summed E-state index contributed by atoms with van der Waals surface area (Å²) in [5.74, 6) is 0.872. The molecule has 0 fully saturated rings.